The van der Waals surface area contributed by atoms with Gasteiger partial charge in [0.25, 0.3) is 0 Å². The summed E-state index contributed by atoms with van der Waals surface area (Å²) in [7, 11) is 0. The van der Waals surface area contributed by atoms with Gasteiger partial charge in [0.1, 0.15) is 5.82 Å². The summed E-state index contributed by atoms with van der Waals surface area (Å²) in [4.78, 5) is 38.1. The zero-order valence-corrected chi connectivity index (χ0v) is 15.2. The van der Waals surface area contributed by atoms with E-state index in [1.165, 1.54) is 4.68 Å². The molecule has 2 fully saturated rings. The lowest BCUT2D eigenvalue weighted by atomic mass is 10.1. The normalized spacial score (nSPS) is 23.0. The molecule has 1 aromatic rings. The van der Waals surface area contributed by atoms with Gasteiger partial charge in [0, 0.05) is 31.6 Å². The lowest BCUT2D eigenvalue weighted by Crippen LogP contribution is -2.53. The molecule has 2 saturated heterocycles. The Hall–Kier alpha value is -2.42. The molecule has 0 aliphatic carbocycles. The number of nitrogens with zero attached hydrogens (tertiary/aromatic N) is 3. The van der Waals surface area contributed by atoms with E-state index in [1.54, 1.807) is 17.9 Å². The van der Waals surface area contributed by atoms with Crippen molar-refractivity contribution >= 4 is 23.5 Å². The molecule has 2 unspecified atom stereocenters. The Kier molecular flexibility index (Phi) is 5.55. The molecule has 0 saturated carbocycles. The van der Waals surface area contributed by atoms with Gasteiger partial charge in [-0.1, -0.05) is 13.3 Å². The van der Waals surface area contributed by atoms with Crippen molar-refractivity contribution in [3.63, 3.8) is 0 Å². The lowest BCUT2D eigenvalue weighted by molar-refractivity contribution is -0.142. The fourth-order valence-corrected chi connectivity index (χ4v) is 3.47. The third-order valence-corrected chi connectivity index (χ3v) is 4.69. The first-order valence-electron chi connectivity index (χ1n) is 9.19. The fraction of sp³-hybridized carbons (Fsp3) is 0.647. The molecule has 3 amide bonds. The minimum atomic E-state index is -0.680. The second-order valence-electron chi connectivity index (χ2n) is 6.90. The fourth-order valence-electron chi connectivity index (χ4n) is 3.47. The minimum absolute atomic E-state index is 0.0537. The van der Waals surface area contributed by atoms with Crippen LogP contribution in [0.1, 0.15) is 51.0 Å². The summed E-state index contributed by atoms with van der Waals surface area (Å²) in [6, 6.07) is 1.74. The van der Waals surface area contributed by atoms with Crippen molar-refractivity contribution in [2.45, 2.75) is 58.3 Å². The molecule has 2 aliphatic heterocycles. The number of carbonyl (C=O) groups is 3. The van der Waals surface area contributed by atoms with E-state index in [0.29, 0.717) is 31.0 Å². The monoisotopic (exact) mass is 362 g/mol. The van der Waals surface area contributed by atoms with Crippen LogP contribution in [0, 0.1) is 6.92 Å². The highest BCUT2D eigenvalue weighted by molar-refractivity contribution is 6.39. The van der Waals surface area contributed by atoms with Crippen LogP contribution in [0.5, 0.6) is 0 Å². The van der Waals surface area contributed by atoms with Gasteiger partial charge in [-0.15, -0.1) is 0 Å². The molecule has 2 atom stereocenters. The maximum Gasteiger partial charge on any atom is 0.315 e. The maximum absolute atomic E-state index is 12.3. The minimum Gasteiger partial charge on any atom is -0.334 e. The highest BCUT2D eigenvalue weighted by Crippen LogP contribution is 2.19. The first-order valence-corrected chi connectivity index (χ1v) is 9.19. The molecule has 0 bridgehead atoms. The van der Waals surface area contributed by atoms with Crippen LogP contribution in [0.25, 0.3) is 0 Å². The number of hydrogen-bond donors (Lipinski definition) is 3. The zero-order chi connectivity index (χ0) is 18.7. The van der Waals surface area contributed by atoms with Crippen LogP contribution >= 0.6 is 0 Å². The number of carbonyl (C=O) groups excluding carboxylic acids is 3. The third-order valence-electron chi connectivity index (χ3n) is 4.69. The Labute approximate surface area is 152 Å². The van der Waals surface area contributed by atoms with E-state index in [4.69, 9.17) is 0 Å². The second-order valence-corrected chi connectivity index (χ2v) is 6.90. The van der Waals surface area contributed by atoms with Gasteiger partial charge in [-0.3, -0.25) is 19.7 Å². The number of amides is 3. The summed E-state index contributed by atoms with van der Waals surface area (Å²) in [5.41, 5.74) is 0.683. The van der Waals surface area contributed by atoms with Crippen LogP contribution in [0.2, 0.25) is 0 Å². The lowest BCUT2D eigenvalue weighted by Gasteiger charge is -2.32. The van der Waals surface area contributed by atoms with Gasteiger partial charge >= 0.3 is 11.8 Å². The van der Waals surface area contributed by atoms with E-state index in [0.717, 1.165) is 25.7 Å². The number of hydrogen-bond acceptors (Lipinski definition) is 5. The van der Waals surface area contributed by atoms with Crippen molar-refractivity contribution < 1.29 is 14.4 Å². The van der Waals surface area contributed by atoms with E-state index >= 15 is 0 Å². The molecule has 9 nitrogen and oxygen atoms in total. The Bertz CT molecular complexity index is 695. The highest BCUT2D eigenvalue weighted by Gasteiger charge is 2.30. The molecule has 142 valence electrons. The Morgan fingerprint density at radius 3 is 2.77 bits per heavy atom. The predicted molar refractivity (Wildman–Crippen MR) is 95.0 cm³/mol. The third kappa shape index (κ3) is 4.04. The van der Waals surface area contributed by atoms with Gasteiger partial charge in [0.15, 0.2) is 6.29 Å². The maximum atomic E-state index is 12.3. The first-order chi connectivity index (χ1) is 12.5. The molecule has 0 radical (unpaired) electrons. The van der Waals surface area contributed by atoms with E-state index in [-0.39, 0.29) is 11.9 Å². The van der Waals surface area contributed by atoms with E-state index < -0.39 is 18.1 Å². The van der Waals surface area contributed by atoms with E-state index in [9.17, 15) is 14.4 Å². The molecule has 0 aromatic carbocycles. The molecule has 2 aliphatic rings. The molecule has 3 heterocycles. The van der Waals surface area contributed by atoms with E-state index in [2.05, 4.69) is 28.0 Å². The second kappa shape index (κ2) is 7.86. The van der Waals surface area contributed by atoms with Crippen molar-refractivity contribution in [2.24, 2.45) is 0 Å². The zero-order valence-electron chi connectivity index (χ0n) is 15.2. The largest absolute Gasteiger partial charge is 0.334 e. The Morgan fingerprint density at radius 1 is 1.35 bits per heavy atom. The summed E-state index contributed by atoms with van der Waals surface area (Å²) >= 11 is 0. The van der Waals surface area contributed by atoms with Gasteiger partial charge in [-0.25, -0.2) is 4.68 Å². The number of aryl methyl sites for hydroxylation is 1. The van der Waals surface area contributed by atoms with Crippen LogP contribution in [-0.2, 0) is 14.4 Å². The SMILES string of the molecule is CCCC1CC(=O)NC(n2nc(C)cc2NC(=O)C(=O)N2CCCC2)N1. The molecule has 3 N–H and O–H groups in total. The first kappa shape index (κ1) is 18.4. The summed E-state index contributed by atoms with van der Waals surface area (Å²) in [6.07, 6.45) is 3.54. The summed E-state index contributed by atoms with van der Waals surface area (Å²) in [6.45, 7) is 5.09. The number of aromatic nitrogens is 2. The molecular weight excluding hydrogens is 336 g/mol. The molecule has 1 aromatic heterocycles. The Balaban J connectivity index is 1.74. The molecular formula is C17H26N6O3. The van der Waals surface area contributed by atoms with Crippen molar-refractivity contribution in [3.8, 4) is 0 Å². The van der Waals surface area contributed by atoms with Crippen molar-refractivity contribution in [3.05, 3.63) is 11.8 Å². The molecule has 9 heteroatoms. The molecule has 26 heavy (non-hydrogen) atoms. The van der Waals surface area contributed by atoms with Gasteiger partial charge in [0.2, 0.25) is 5.91 Å². The number of rotatable bonds is 4. The van der Waals surface area contributed by atoms with Gasteiger partial charge in [-0.2, -0.15) is 5.10 Å². The average molecular weight is 362 g/mol. The van der Waals surface area contributed by atoms with Gasteiger partial charge in [-0.05, 0) is 26.2 Å². The van der Waals surface area contributed by atoms with Crippen molar-refractivity contribution in [2.75, 3.05) is 18.4 Å². The Morgan fingerprint density at radius 2 is 2.08 bits per heavy atom. The summed E-state index contributed by atoms with van der Waals surface area (Å²) in [5.74, 6) is -0.890. The van der Waals surface area contributed by atoms with Crippen LogP contribution in [-0.4, -0.2) is 51.5 Å². The van der Waals surface area contributed by atoms with E-state index in [1.807, 2.05) is 0 Å². The molecule has 0 spiro atoms. The van der Waals surface area contributed by atoms with Crippen LogP contribution in [0.4, 0.5) is 5.82 Å². The number of anilines is 1. The quantitative estimate of drug-likeness (QED) is 0.676. The van der Waals surface area contributed by atoms with Crippen LogP contribution in [0.15, 0.2) is 6.07 Å². The average Bonchev–Trinajstić information content (AvgIpc) is 3.23. The summed E-state index contributed by atoms with van der Waals surface area (Å²) < 4.78 is 1.52. The van der Waals surface area contributed by atoms with Crippen molar-refractivity contribution in [1.29, 1.82) is 0 Å². The van der Waals surface area contributed by atoms with Crippen LogP contribution in [0.3, 0.4) is 0 Å². The van der Waals surface area contributed by atoms with Crippen LogP contribution < -0.4 is 16.0 Å². The topological polar surface area (TPSA) is 108 Å². The standard InChI is InChI=1S/C17H26N6O3/c1-3-6-12-10-14(24)20-17(18-12)23-13(9-11(2)21-23)19-15(25)16(26)22-7-4-5-8-22/h9,12,17-18H,3-8,10H2,1-2H3,(H,19,25)(H,20,24). The smallest absolute Gasteiger partial charge is 0.315 e. The number of nitrogens with one attached hydrogen (secondary N) is 3. The van der Waals surface area contributed by atoms with Crippen molar-refractivity contribution in [1.82, 2.24) is 25.3 Å². The molecule has 3 rings (SSSR count). The highest BCUT2D eigenvalue weighted by atomic mass is 16.2. The van der Waals surface area contributed by atoms with Gasteiger partial charge < -0.3 is 15.5 Å². The summed E-state index contributed by atoms with van der Waals surface area (Å²) in [5, 5.41) is 13.2. The van der Waals surface area contributed by atoms with Gasteiger partial charge in [0.05, 0.1) is 5.69 Å². The predicted octanol–water partition coefficient (Wildman–Crippen LogP) is 0.487. The number of likely N-dealkylation sites (tertiary alicyclic amines) is 1.